The molecule has 1 aromatic rings. The molecule has 1 atom stereocenters. The maximum Gasteiger partial charge on any atom is 0.281 e. The average molecular weight is 338 g/mol. The minimum Gasteiger partial charge on any atom is -0.354 e. The van der Waals surface area contributed by atoms with Gasteiger partial charge in [0.15, 0.2) is 5.82 Å². The number of rotatable bonds is 5. The summed E-state index contributed by atoms with van der Waals surface area (Å²) in [4.78, 5) is 2.04. The molecule has 8 nitrogen and oxygen atoms in total. The lowest BCUT2D eigenvalue weighted by Gasteiger charge is -2.27. The highest BCUT2D eigenvalue weighted by Crippen LogP contribution is 2.16. The summed E-state index contributed by atoms with van der Waals surface area (Å²) >= 11 is 0. The summed E-state index contributed by atoms with van der Waals surface area (Å²) in [5, 5.41) is 16.8. The third kappa shape index (κ3) is 4.37. The quantitative estimate of drug-likeness (QED) is 0.768. The first kappa shape index (κ1) is 17.6. The van der Waals surface area contributed by atoms with E-state index >= 15 is 0 Å². The van der Waals surface area contributed by atoms with Crippen LogP contribution in [0.3, 0.4) is 0 Å². The second-order valence-electron chi connectivity index (χ2n) is 5.64. The van der Waals surface area contributed by atoms with Crippen molar-refractivity contribution in [3.8, 4) is 6.07 Å². The summed E-state index contributed by atoms with van der Waals surface area (Å²) in [6.07, 6.45) is 2.33. The van der Waals surface area contributed by atoms with Gasteiger partial charge in [0.2, 0.25) is 0 Å². The Hall–Kier alpha value is -1.76. The van der Waals surface area contributed by atoms with Gasteiger partial charge in [0.25, 0.3) is 10.2 Å². The van der Waals surface area contributed by atoms with Gasteiger partial charge in [-0.1, -0.05) is 0 Å². The third-order valence-electron chi connectivity index (χ3n) is 3.81. The molecule has 9 heteroatoms. The predicted molar refractivity (Wildman–Crippen MR) is 86.8 cm³/mol. The molecule has 0 saturated carbocycles. The highest BCUT2D eigenvalue weighted by Gasteiger charge is 2.29. The lowest BCUT2D eigenvalue weighted by molar-refractivity contribution is 0.360. The second-order valence-corrected chi connectivity index (χ2v) is 7.68. The minimum absolute atomic E-state index is 0.198. The molecular weight excluding hydrogens is 316 g/mol. The van der Waals surface area contributed by atoms with Crippen LogP contribution in [0.2, 0.25) is 0 Å². The van der Waals surface area contributed by atoms with Crippen molar-refractivity contribution < 1.29 is 8.42 Å². The molecule has 1 aliphatic rings. The van der Waals surface area contributed by atoms with Crippen LogP contribution in [0, 0.1) is 17.2 Å². The fraction of sp³-hybridized carbons (Fsp3) is 0.643. The molecule has 0 N–H and O–H groups in total. The smallest absolute Gasteiger partial charge is 0.281 e. The molecular formula is C14H22N6O2S. The first-order valence-corrected chi connectivity index (χ1v) is 8.98. The van der Waals surface area contributed by atoms with Crippen molar-refractivity contribution in [1.29, 1.82) is 5.26 Å². The highest BCUT2D eigenvalue weighted by atomic mass is 32.2. The zero-order chi connectivity index (χ0) is 16.9. The molecule has 1 aliphatic heterocycles. The van der Waals surface area contributed by atoms with Gasteiger partial charge in [0, 0.05) is 46.0 Å². The monoisotopic (exact) mass is 338 g/mol. The van der Waals surface area contributed by atoms with Gasteiger partial charge in [0.1, 0.15) is 0 Å². The number of nitriles is 1. The van der Waals surface area contributed by atoms with Gasteiger partial charge in [0.05, 0.1) is 12.0 Å². The Morgan fingerprint density at radius 3 is 2.83 bits per heavy atom. The summed E-state index contributed by atoms with van der Waals surface area (Å²) in [5.74, 6) is 0.427. The Balaban J connectivity index is 2.03. The maximum absolute atomic E-state index is 12.6. The Kier molecular flexibility index (Phi) is 5.87. The molecule has 0 bridgehead atoms. The molecule has 0 amide bonds. The Morgan fingerprint density at radius 2 is 2.17 bits per heavy atom. The van der Waals surface area contributed by atoms with Crippen LogP contribution in [0.4, 0.5) is 5.82 Å². The largest absolute Gasteiger partial charge is 0.354 e. The van der Waals surface area contributed by atoms with E-state index in [2.05, 4.69) is 16.3 Å². The second kappa shape index (κ2) is 7.68. The van der Waals surface area contributed by atoms with E-state index in [0.29, 0.717) is 19.6 Å². The van der Waals surface area contributed by atoms with Gasteiger partial charge >= 0.3 is 0 Å². The summed E-state index contributed by atoms with van der Waals surface area (Å²) in [5.41, 5.74) is 0. The lowest BCUT2D eigenvalue weighted by Crippen LogP contribution is -2.44. The van der Waals surface area contributed by atoms with Crippen molar-refractivity contribution in [2.24, 2.45) is 5.92 Å². The van der Waals surface area contributed by atoms with Crippen LogP contribution in [0.5, 0.6) is 0 Å². The Bertz CT molecular complexity index is 645. The van der Waals surface area contributed by atoms with Crippen molar-refractivity contribution >= 4 is 16.0 Å². The van der Waals surface area contributed by atoms with Crippen LogP contribution in [-0.4, -0.2) is 67.0 Å². The van der Waals surface area contributed by atoms with Gasteiger partial charge in [-0.2, -0.15) is 27.4 Å². The van der Waals surface area contributed by atoms with Gasteiger partial charge in [-0.15, -0.1) is 5.10 Å². The molecule has 2 rings (SSSR count). The molecule has 0 spiro atoms. The SMILES string of the molecule is CC(C#N)CN(C)S(=O)(=O)N1CCCN(c2cccnn2)CC1. The fourth-order valence-corrected chi connectivity index (χ4v) is 4.01. The van der Waals surface area contributed by atoms with Crippen LogP contribution in [0.25, 0.3) is 0 Å². The van der Waals surface area contributed by atoms with Crippen LogP contribution in [0.1, 0.15) is 13.3 Å². The van der Waals surface area contributed by atoms with E-state index in [1.54, 1.807) is 13.1 Å². The number of aromatic nitrogens is 2. The average Bonchev–Trinajstić information content (AvgIpc) is 2.82. The molecule has 0 radical (unpaired) electrons. The van der Waals surface area contributed by atoms with Crippen molar-refractivity contribution in [2.75, 3.05) is 44.7 Å². The minimum atomic E-state index is -3.54. The number of hydrogen-bond acceptors (Lipinski definition) is 6. The maximum atomic E-state index is 12.6. The molecule has 23 heavy (non-hydrogen) atoms. The lowest BCUT2D eigenvalue weighted by atomic mass is 10.2. The third-order valence-corrected chi connectivity index (χ3v) is 5.76. The van der Waals surface area contributed by atoms with E-state index in [0.717, 1.165) is 18.8 Å². The van der Waals surface area contributed by atoms with Crippen LogP contribution in [-0.2, 0) is 10.2 Å². The van der Waals surface area contributed by atoms with Gasteiger partial charge in [-0.25, -0.2) is 0 Å². The topological polar surface area (TPSA) is 93.4 Å². The van der Waals surface area contributed by atoms with E-state index in [-0.39, 0.29) is 12.5 Å². The van der Waals surface area contributed by atoms with E-state index in [9.17, 15) is 8.42 Å². The predicted octanol–water partition coefficient (Wildman–Crippen LogP) is 0.325. The summed E-state index contributed by atoms with van der Waals surface area (Å²) in [7, 11) is -2.02. The van der Waals surface area contributed by atoms with E-state index in [4.69, 9.17) is 5.26 Å². The number of anilines is 1. The van der Waals surface area contributed by atoms with Gasteiger partial charge in [-0.05, 0) is 25.5 Å². The zero-order valence-corrected chi connectivity index (χ0v) is 14.3. The first-order valence-electron chi connectivity index (χ1n) is 7.59. The molecule has 1 unspecified atom stereocenters. The zero-order valence-electron chi connectivity index (χ0n) is 13.5. The van der Waals surface area contributed by atoms with Crippen molar-refractivity contribution in [3.05, 3.63) is 18.3 Å². The summed E-state index contributed by atoms with van der Waals surface area (Å²) < 4.78 is 28.0. The van der Waals surface area contributed by atoms with Crippen LogP contribution >= 0.6 is 0 Å². The van der Waals surface area contributed by atoms with Gasteiger partial charge < -0.3 is 4.90 Å². The fourth-order valence-electron chi connectivity index (χ4n) is 2.53. The molecule has 2 heterocycles. The number of hydrogen-bond donors (Lipinski definition) is 0. The standard InChI is InChI=1S/C14H22N6O2S/c1-13(11-15)12-18(2)23(21,22)20-8-4-7-19(9-10-20)14-5-3-6-16-17-14/h3,5-6,13H,4,7-10,12H2,1-2H3. The molecule has 1 saturated heterocycles. The molecule has 0 aliphatic carbocycles. The highest BCUT2D eigenvalue weighted by molar-refractivity contribution is 7.86. The first-order chi connectivity index (χ1) is 10.9. The number of nitrogens with zero attached hydrogens (tertiary/aromatic N) is 6. The Morgan fingerprint density at radius 1 is 1.39 bits per heavy atom. The summed E-state index contributed by atoms with van der Waals surface area (Å²) in [6, 6.07) is 5.75. The summed E-state index contributed by atoms with van der Waals surface area (Å²) in [6.45, 7) is 4.07. The van der Waals surface area contributed by atoms with E-state index in [1.807, 2.05) is 17.0 Å². The van der Waals surface area contributed by atoms with Crippen LogP contribution in [0.15, 0.2) is 18.3 Å². The van der Waals surface area contributed by atoms with Gasteiger partial charge in [-0.3, -0.25) is 0 Å². The van der Waals surface area contributed by atoms with Crippen LogP contribution < -0.4 is 4.90 Å². The van der Waals surface area contributed by atoms with E-state index in [1.165, 1.54) is 15.7 Å². The van der Waals surface area contributed by atoms with Crippen molar-refractivity contribution in [1.82, 2.24) is 18.8 Å². The molecule has 1 aromatic heterocycles. The molecule has 1 fully saturated rings. The van der Waals surface area contributed by atoms with Crippen molar-refractivity contribution in [3.63, 3.8) is 0 Å². The molecule has 126 valence electrons. The molecule has 0 aromatic carbocycles. The van der Waals surface area contributed by atoms with E-state index < -0.39 is 10.2 Å². The normalized spacial score (nSPS) is 18.4. The van der Waals surface area contributed by atoms with Crippen molar-refractivity contribution in [2.45, 2.75) is 13.3 Å². The Labute approximate surface area is 137 Å².